The minimum atomic E-state index is 0.0875. The van der Waals surface area contributed by atoms with Gasteiger partial charge in [0.15, 0.2) is 0 Å². The lowest BCUT2D eigenvalue weighted by atomic mass is 9.81. The monoisotopic (exact) mass is 338 g/mol. The maximum atomic E-state index is 12.5. The van der Waals surface area contributed by atoms with E-state index in [1.54, 1.807) is 23.5 Å². The van der Waals surface area contributed by atoms with Gasteiger partial charge >= 0.3 is 0 Å². The van der Waals surface area contributed by atoms with Crippen molar-refractivity contribution in [1.82, 2.24) is 9.80 Å². The molecular formula is C21H26N2O2. The van der Waals surface area contributed by atoms with E-state index in [2.05, 4.69) is 30.9 Å². The fourth-order valence-corrected chi connectivity index (χ4v) is 4.47. The van der Waals surface area contributed by atoms with Crippen LogP contribution >= 0.6 is 0 Å². The molecule has 132 valence electrons. The number of carbonyl (C=O) groups excluding carboxylic acids is 1. The number of nitrogens with zero attached hydrogens (tertiary/aromatic N) is 2. The van der Waals surface area contributed by atoms with Crippen LogP contribution in [-0.4, -0.2) is 41.9 Å². The zero-order chi connectivity index (χ0) is 17.4. The molecule has 1 aliphatic heterocycles. The average molecular weight is 338 g/mol. The van der Waals surface area contributed by atoms with Crippen molar-refractivity contribution >= 4 is 5.91 Å². The van der Waals surface area contributed by atoms with Crippen LogP contribution in [0, 0.1) is 13.8 Å². The predicted molar refractivity (Wildman–Crippen MR) is 97.8 cm³/mol. The van der Waals surface area contributed by atoms with Crippen molar-refractivity contribution in [3.8, 4) is 0 Å². The lowest BCUT2D eigenvalue weighted by molar-refractivity contribution is 0.0546. The molecule has 1 aliphatic carbocycles. The minimum Gasteiger partial charge on any atom is -0.472 e. The SMILES string of the molecule is Cc1ccc(C)c2c1CCC[C@@H]2N1CCN(C(=O)c2ccoc2)CC1. The lowest BCUT2D eigenvalue weighted by Crippen LogP contribution is -2.50. The summed E-state index contributed by atoms with van der Waals surface area (Å²) in [4.78, 5) is 17.0. The summed E-state index contributed by atoms with van der Waals surface area (Å²) in [5.41, 5.74) is 6.62. The first kappa shape index (κ1) is 16.4. The van der Waals surface area contributed by atoms with Crippen LogP contribution in [-0.2, 0) is 6.42 Å². The molecule has 0 radical (unpaired) electrons. The molecule has 2 aliphatic rings. The van der Waals surface area contributed by atoms with Crippen molar-refractivity contribution in [2.24, 2.45) is 0 Å². The summed E-state index contributed by atoms with van der Waals surface area (Å²) in [5, 5.41) is 0. The third-order valence-corrected chi connectivity index (χ3v) is 5.86. The van der Waals surface area contributed by atoms with Gasteiger partial charge in [-0.3, -0.25) is 9.69 Å². The number of benzene rings is 1. The molecule has 0 unspecified atom stereocenters. The van der Waals surface area contributed by atoms with Crippen molar-refractivity contribution in [3.63, 3.8) is 0 Å². The molecule has 2 aromatic rings. The molecule has 2 heterocycles. The Morgan fingerprint density at radius 2 is 1.84 bits per heavy atom. The van der Waals surface area contributed by atoms with Gasteiger partial charge in [0.25, 0.3) is 5.91 Å². The second-order valence-electron chi connectivity index (χ2n) is 7.34. The number of piperazine rings is 1. The topological polar surface area (TPSA) is 36.7 Å². The molecule has 0 bridgehead atoms. The normalized spacial score (nSPS) is 21.2. The first-order valence-corrected chi connectivity index (χ1v) is 9.29. The van der Waals surface area contributed by atoms with E-state index in [9.17, 15) is 4.79 Å². The van der Waals surface area contributed by atoms with Gasteiger partial charge in [0, 0.05) is 32.2 Å². The van der Waals surface area contributed by atoms with Crippen molar-refractivity contribution in [3.05, 3.63) is 58.5 Å². The molecule has 1 saturated heterocycles. The zero-order valence-corrected chi connectivity index (χ0v) is 15.1. The van der Waals surface area contributed by atoms with Crippen LogP contribution in [0.1, 0.15) is 51.5 Å². The fourth-order valence-electron chi connectivity index (χ4n) is 4.47. The quantitative estimate of drug-likeness (QED) is 0.837. The summed E-state index contributed by atoms with van der Waals surface area (Å²) in [5.74, 6) is 0.0875. The van der Waals surface area contributed by atoms with Crippen molar-refractivity contribution < 1.29 is 9.21 Å². The van der Waals surface area contributed by atoms with Crippen molar-refractivity contribution in [2.45, 2.75) is 39.2 Å². The second-order valence-corrected chi connectivity index (χ2v) is 7.34. The van der Waals surface area contributed by atoms with E-state index in [0.717, 1.165) is 26.2 Å². The van der Waals surface area contributed by atoms with E-state index in [0.29, 0.717) is 11.6 Å². The average Bonchev–Trinajstić information content (AvgIpc) is 3.19. The lowest BCUT2D eigenvalue weighted by Gasteiger charge is -2.42. The highest BCUT2D eigenvalue weighted by Gasteiger charge is 2.31. The summed E-state index contributed by atoms with van der Waals surface area (Å²) < 4.78 is 5.05. The Morgan fingerprint density at radius 3 is 2.56 bits per heavy atom. The van der Waals surface area contributed by atoms with Crippen LogP contribution in [0.5, 0.6) is 0 Å². The summed E-state index contributed by atoms with van der Waals surface area (Å²) in [6, 6.07) is 6.79. The summed E-state index contributed by atoms with van der Waals surface area (Å²) in [6.45, 7) is 7.96. The summed E-state index contributed by atoms with van der Waals surface area (Å²) >= 11 is 0. The first-order chi connectivity index (χ1) is 12.1. The van der Waals surface area contributed by atoms with E-state index in [4.69, 9.17) is 4.42 Å². The Hall–Kier alpha value is -2.07. The molecule has 4 rings (SSSR count). The molecule has 4 nitrogen and oxygen atoms in total. The van der Waals surface area contributed by atoms with Gasteiger partial charge in [-0.15, -0.1) is 0 Å². The Labute approximate surface area is 149 Å². The van der Waals surface area contributed by atoms with Crippen LogP contribution in [0.15, 0.2) is 35.1 Å². The van der Waals surface area contributed by atoms with E-state index >= 15 is 0 Å². The third-order valence-electron chi connectivity index (χ3n) is 5.86. The number of carbonyl (C=O) groups is 1. The number of furan rings is 1. The number of amides is 1. The van der Waals surface area contributed by atoms with Gasteiger partial charge in [0.2, 0.25) is 0 Å². The number of hydrogen-bond donors (Lipinski definition) is 0. The smallest absolute Gasteiger partial charge is 0.257 e. The maximum Gasteiger partial charge on any atom is 0.257 e. The molecule has 1 fully saturated rings. The van der Waals surface area contributed by atoms with Gasteiger partial charge in [-0.2, -0.15) is 0 Å². The molecule has 1 atom stereocenters. The first-order valence-electron chi connectivity index (χ1n) is 9.29. The standard InChI is InChI=1S/C21H26N2O2/c1-15-6-7-16(2)20-18(15)4-3-5-19(20)22-9-11-23(12-10-22)21(24)17-8-13-25-14-17/h6-8,13-14,19H,3-5,9-12H2,1-2H3/t19-/m0/s1. The molecule has 1 aromatic heterocycles. The van der Waals surface area contributed by atoms with E-state index < -0.39 is 0 Å². The number of hydrogen-bond acceptors (Lipinski definition) is 3. The van der Waals surface area contributed by atoms with E-state index in [-0.39, 0.29) is 5.91 Å². The van der Waals surface area contributed by atoms with Gasteiger partial charge in [-0.25, -0.2) is 0 Å². The highest BCUT2D eigenvalue weighted by atomic mass is 16.3. The predicted octanol–water partition coefficient (Wildman–Crippen LogP) is 3.73. The molecule has 1 amide bonds. The zero-order valence-electron chi connectivity index (χ0n) is 15.1. The van der Waals surface area contributed by atoms with E-state index in [1.807, 2.05) is 4.90 Å². The van der Waals surface area contributed by atoms with Gasteiger partial charge in [0.05, 0.1) is 11.8 Å². The molecule has 4 heteroatoms. The van der Waals surface area contributed by atoms with Gasteiger partial charge < -0.3 is 9.32 Å². The minimum absolute atomic E-state index is 0.0875. The van der Waals surface area contributed by atoms with Gasteiger partial charge in [0.1, 0.15) is 6.26 Å². The van der Waals surface area contributed by atoms with Crippen LogP contribution in [0.3, 0.4) is 0 Å². The summed E-state index contributed by atoms with van der Waals surface area (Å²) in [6.07, 6.45) is 6.80. The van der Waals surface area contributed by atoms with Crippen molar-refractivity contribution in [1.29, 1.82) is 0 Å². The van der Waals surface area contributed by atoms with Crippen LogP contribution in [0.25, 0.3) is 0 Å². The third kappa shape index (κ3) is 2.99. The van der Waals surface area contributed by atoms with Crippen LogP contribution < -0.4 is 0 Å². The number of aryl methyl sites for hydroxylation is 2. The fraction of sp³-hybridized carbons (Fsp3) is 0.476. The highest BCUT2D eigenvalue weighted by molar-refractivity contribution is 5.93. The van der Waals surface area contributed by atoms with Gasteiger partial charge in [-0.05, 0) is 61.4 Å². The second kappa shape index (κ2) is 6.68. The summed E-state index contributed by atoms with van der Waals surface area (Å²) in [7, 11) is 0. The number of rotatable bonds is 2. The van der Waals surface area contributed by atoms with Crippen LogP contribution in [0.2, 0.25) is 0 Å². The molecule has 25 heavy (non-hydrogen) atoms. The van der Waals surface area contributed by atoms with Gasteiger partial charge in [-0.1, -0.05) is 12.1 Å². The van der Waals surface area contributed by atoms with Crippen molar-refractivity contribution in [2.75, 3.05) is 26.2 Å². The van der Waals surface area contributed by atoms with E-state index in [1.165, 1.54) is 36.7 Å². The maximum absolute atomic E-state index is 12.5. The largest absolute Gasteiger partial charge is 0.472 e. The Bertz CT molecular complexity index is 758. The Kier molecular flexibility index (Phi) is 4.38. The molecular weight excluding hydrogens is 312 g/mol. The molecule has 0 N–H and O–H groups in total. The Morgan fingerprint density at radius 1 is 1.08 bits per heavy atom. The molecule has 1 aromatic carbocycles. The Balaban J connectivity index is 1.49. The highest BCUT2D eigenvalue weighted by Crippen LogP contribution is 2.38. The molecule has 0 saturated carbocycles. The van der Waals surface area contributed by atoms with Crippen LogP contribution in [0.4, 0.5) is 0 Å². The number of fused-ring (bicyclic) bond motifs is 1. The molecule has 0 spiro atoms.